The number of benzene rings is 2. The number of hydrogen-bond donors (Lipinski definition) is 2. The van der Waals surface area contributed by atoms with E-state index in [1.165, 1.54) is 25.7 Å². The van der Waals surface area contributed by atoms with Gasteiger partial charge in [0.2, 0.25) is 0 Å². The summed E-state index contributed by atoms with van der Waals surface area (Å²) in [7, 11) is 0. The summed E-state index contributed by atoms with van der Waals surface area (Å²) in [6.07, 6.45) is 10.3. The minimum Gasteiger partial charge on any atom is -0.382 e. The van der Waals surface area contributed by atoms with Crippen LogP contribution in [0.5, 0.6) is 0 Å². The Kier molecular flexibility index (Phi) is 6.50. The number of hydrogen-bond acceptors (Lipinski definition) is 2. The van der Waals surface area contributed by atoms with Crippen molar-refractivity contribution in [2.24, 2.45) is 0 Å². The van der Waals surface area contributed by atoms with Crippen LogP contribution in [0.4, 0.5) is 0 Å². The second-order valence-corrected chi connectivity index (χ2v) is 7.78. The van der Waals surface area contributed by atoms with Gasteiger partial charge >= 0.3 is 0 Å². The van der Waals surface area contributed by atoms with Crippen molar-refractivity contribution in [2.45, 2.75) is 75.4 Å². The molecule has 0 amide bonds. The average molecular weight is 353 g/mol. The third kappa shape index (κ3) is 4.02. The predicted octanol–water partition coefficient (Wildman–Crippen LogP) is 5.68. The van der Waals surface area contributed by atoms with Gasteiger partial charge in [-0.25, -0.2) is 0 Å². The summed E-state index contributed by atoms with van der Waals surface area (Å²) in [6.45, 7) is 0. The Bertz CT molecular complexity index is 595. The van der Waals surface area contributed by atoms with Gasteiger partial charge in [-0.1, -0.05) is 112 Å². The SMILES string of the molecule is O[C@@]1(c2ccccc2)CCCCCCCCCC[C@]1(O)c1ccccc1. The molecule has 2 nitrogen and oxygen atoms in total. The lowest BCUT2D eigenvalue weighted by molar-refractivity contribution is -0.176. The van der Waals surface area contributed by atoms with E-state index < -0.39 is 11.2 Å². The molecule has 0 aromatic heterocycles. The number of aliphatic hydroxyl groups is 2. The minimum absolute atomic E-state index is 0.586. The van der Waals surface area contributed by atoms with E-state index in [0.29, 0.717) is 12.8 Å². The molecule has 0 spiro atoms. The summed E-state index contributed by atoms with van der Waals surface area (Å²) in [5, 5.41) is 23.9. The van der Waals surface area contributed by atoms with Gasteiger partial charge in [0.15, 0.2) is 0 Å². The Labute approximate surface area is 157 Å². The molecule has 140 valence electrons. The summed E-state index contributed by atoms with van der Waals surface area (Å²) in [6, 6.07) is 19.6. The molecule has 0 bridgehead atoms. The summed E-state index contributed by atoms with van der Waals surface area (Å²) in [5.41, 5.74) is -0.893. The topological polar surface area (TPSA) is 40.5 Å². The molecule has 0 heterocycles. The molecular weight excluding hydrogens is 320 g/mol. The van der Waals surface area contributed by atoms with E-state index in [1.54, 1.807) is 0 Å². The molecule has 2 atom stereocenters. The lowest BCUT2D eigenvalue weighted by atomic mass is 9.68. The fourth-order valence-electron chi connectivity index (χ4n) is 4.43. The zero-order valence-electron chi connectivity index (χ0n) is 15.7. The van der Waals surface area contributed by atoms with Crippen LogP contribution in [-0.4, -0.2) is 10.2 Å². The van der Waals surface area contributed by atoms with Crippen LogP contribution < -0.4 is 0 Å². The van der Waals surface area contributed by atoms with Crippen LogP contribution in [0.3, 0.4) is 0 Å². The second kappa shape index (κ2) is 8.83. The summed E-state index contributed by atoms with van der Waals surface area (Å²) < 4.78 is 0. The first-order valence-corrected chi connectivity index (χ1v) is 10.2. The summed E-state index contributed by atoms with van der Waals surface area (Å²) in [5.74, 6) is 0. The van der Waals surface area contributed by atoms with Crippen molar-refractivity contribution in [1.29, 1.82) is 0 Å². The zero-order valence-corrected chi connectivity index (χ0v) is 15.7. The third-order valence-corrected chi connectivity index (χ3v) is 6.01. The average Bonchev–Trinajstić information content (AvgIpc) is 2.69. The third-order valence-electron chi connectivity index (χ3n) is 6.01. The molecule has 2 N–H and O–H groups in total. The molecule has 1 saturated carbocycles. The zero-order chi connectivity index (χ0) is 18.3. The molecule has 1 aliphatic carbocycles. The highest BCUT2D eigenvalue weighted by Gasteiger charge is 2.50. The molecule has 1 aliphatic rings. The van der Waals surface area contributed by atoms with Crippen LogP contribution in [0, 0.1) is 0 Å². The lowest BCUT2D eigenvalue weighted by Crippen LogP contribution is -2.49. The van der Waals surface area contributed by atoms with Gasteiger partial charge in [-0.2, -0.15) is 0 Å². The molecule has 2 heteroatoms. The maximum atomic E-state index is 11.9. The van der Waals surface area contributed by atoms with Gasteiger partial charge in [0.05, 0.1) is 0 Å². The Morgan fingerprint density at radius 1 is 0.462 bits per heavy atom. The fourth-order valence-corrected chi connectivity index (χ4v) is 4.43. The summed E-state index contributed by atoms with van der Waals surface area (Å²) in [4.78, 5) is 0. The highest BCUT2D eigenvalue weighted by atomic mass is 16.4. The van der Waals surface area contributed by atoms with Gasteiger partial charge in [-0.15, -0.1) is 0 Å². The van der Waals surface area contributed by atoms with Crippen molar-refractivity contribution in [1.82, 2.24) is 0 Å². The Morgan fingerprint density at radius 2 is 0.769 bits per heavy atom. The quantitative estimate of drug-likeness (QED) is 0.730. The molecule has 0 radical (unpaired) electrons. The highest BCUT2D eigenvalue weighted by Crippen LogP contribution is 2.47. The highest BCUT2D eigenvalue weighted by molar-refractivity contribution is 5.34. The molecule has 0 unspecified atom stereocenters. The van der Waals surface area contributed by atoms with Crippen LogP contribution >= 0.6 is 0 Å². The first kappa shape index (κ1) is 19.1. The maximum Gasteiger partial charge on any atom is 0.122 e. The van der Waals surface area contributed by atoms with Crippen LogP contribution in [0.15, 0.2) is 60.7 Å². The van der Waals surface area contributed by atoms with Crippen molar-refractivity contribution in [3.8, 4) is 0 Å². The normalized spacial score (nSPS) is 28.7. The number of rotatable bonds is 2. The standard InChI is InChI=1S/C24H32O2/c25-23(21-15-9-7-10-16-21)19-13-5-3-1-2-4-6-14-20-24(23,26)22-17-11-8-12-18-22/h7-12,15-18,25-26H,1-6,13-14,19-20H2/t23-,24+. The van der Waals surface area contributed by atoms with Gasteiger partial charge < -0.3 is 10.2 Å². The Hall–Kier alpha value is -1.64. The van der Waals surface area contributed by atoms with Crippen LogP contribution in [0.1, 0.15) is 75.3 Å². The molecule has 26 heavy (non-hydrogen) atoms. The maximum absolute atomic E-state index is 11.9. The second-order valence-electron chi connectivity index (χ2n) is 7.78. The molecular formula is C24H32O2. The molecule has 3 rings (SSSR count). The van der Waals surface area contributed by atoms with Crippen LogP contribution in [0.2, 0.25) is 0 Å². The van der Waals surface area contributed by atoms with E-state index in [1.807, 2.05) is 60.7 Å². The molecule has 0 saturated heterocycles. The molecule has 2 aromatic rings. The van der Waals surface area contributed by atoms with Gasteiger partial charge in [0, 0.05) is 0 Å². The first-order chi connectivity index (χ1) is 12.7. The van der Waals surface area contributed by atoms with Crippen LogP contribution in [-0.2, 0) is 11.2 Å². The monoisotopic (exact) mass is 352 g/mol. The Balaban J connectivity index is 2.04. The molecule has 0 aliphatic heterocycles. The molecule has 2 aromatic carbocycles. The van der Waals surface area contributed by atoms with Gasteiger partial charge in [-0.05, 0) is 24.0 Å². The van der Waals surface area contributed by atoms with E-state index in [2.05, 4.69) is 0 Å². The van der Waals surface area contributed by atoms with E-state index in [9.17, 15) is 10.2 Å². The van der Waals surface area contributed by atoms with Gasteiger partial charge in [-0.3, -0.25) is 0 Å². The van der Waals surface area contributed by atoms with E-state index in [-0.39, 0.29) is 0 Å². The smallest absolute Gasteiger partial charge is 0.122 e. The first-order valence-electron chi connectivity index (χ1n) is 10.2. The Morgan fingerprint density at radius 3 is 1.12 bits per heavy atom. The van der Waals surface area contributed by atoms with Crippen molar-refractivity contribution < 1.29 is 10.2 Å². The van der Waals surface area contributed by atoms with E-state index in [4.69, 9.17) is 0 Å². The van der Waals surface area contributed by atoms with Crippen molar-refractivity contribution in [3.05, 3.63) is 71.8 Å². The van der Waals surface area contributed by atoms with Gasteiger partial charge in [0.1, 0.15) is 11.2 Å². The largest absolute Gasteiger partial charge is 0.382 e. The van der Waals surface area contributed by atoms with E-state index >= 15 is 0 Å². The molecule has 1 fully saturated rings. The minimum atomic E-state index is -1.27. The van der Waals surface area contributed by atoms with Crippen molar-refractivity contribution >= 4 is 0 Å². The van der Waals surface area contributed by atoms with E-state index in [0.717, 1.165) is 36.8 Å². The fraction of sp³-hybridized carbons (Fsp3) is 0.500. The van der Waals surface area contributed by atoms with Gasteiger partial charge in [0.25, 0.3) is 0 Å². The predicted molar refractivity (Wildman–Crippen MR) is 107 cm³/mol. The lowest BCUT2D eigenvalue weighted by Gasteiger charge is -2.45. The van der Waals surface area contributed by atoms with Crippen molar-refractivity contribution in [2.75, 3.05) is 0 Å². The van der Waals surface area contributed by atoms with Crippen LogP contribution in [0.25, 0.3) is 0 Å². The van der Waals surface area contributed by atoms with Crippen molar-refractivity contribution in [3.63, 3.8) is 0 Å². The summed E-state index contributed by atoms with van der Waals surface area (Å²) >= 11 is 0.